The molecule has 0 spiro atoms. The Balaban J connectivity index is 3.88. The molecule has 0 aromatic rings. The number of hydrogen-bond donors (Lipinski definition) is 0. The van der Waals surface area contributed by atoms with Gasteiger partial charge in [0.25, 0.3) is 0 Å². The molecule has 0 aromatic heterocycles. The summed E-state index contributed by atoms with van der Waals surface area (Å²) in [5.74, 6) is -0.500. The van der Waals surface area contributed by atoms with Crippen molar-refractivity contribution in [3.8, 4) is 0 Å². The molecule has 0 aromatic carbocycles. The Morgan fingerprint density at radius 1 is 1.20 bits per heavy atom. The average Bonchev–Trinajstić information content (AvgIpc) is 1.58. The smallest absolute Gasteiger partial charge is 0.229 e. The lowest BCUT2D eigenvalue weighted by atomic mass is 10.3. The third-order valence-electron chi connectivity index (χ3n) is 0.583. The van der Waals surface area contributed by atoms with Crippen LogP contribution in [-0.4, -0.2) is 11.0 Å². The Hall–Kier alpha value is -0.0500. The SMILES string of the molecule is O=C(Cl)CC(=O)C=C(Cl)Cl. The molecular formula is C5H3Cl3O2. The van der Waals surface area contributed by atoms with Gasteiger partial charge in [-0.1, -0.05) is 23.2 Å². The van der Waals surface area contributed by atoms with E-state index in [1.165, 1.54) is 0 Å². The van der Waals surface area contributed by atoms with E-state index in [1.54, 1.807) is 0 Å². The summed E-state index contributed by atoms with van der Waals surface area (Å²) in [6, 6.07) is 0. The van der Waals surface area contributed by atoms with Gasteiger partial charge in [0.05, 0.1) is 6.42 Å². The highest BCUT2D eigenvalue weighted by Gasteiger charge is 2.03. The summed E-state index contributed by atoms with van der Waals surface area (Å²) in [5, 5.41) is -0.726. The van der Waals surface area contributed by atoms with Gasteiger partial charge in [-0.3, -0.25) is 9.59 Å². The van der Waals surface area contributed by atoms with Crippen LogP contribution in [0.25, 0.3) is 0 Å². The van der Waals surface area contributed by atoms with Crippen LogP contribution in [0.4, 0.5) is 0 Å². The molecule has 0 atom stereocenters. The largest absolute Gasteiger partial charge is 0.294 e. The van der Waals surface area contributed by atoms with Crippen molar-refractivity contribution in [1.82, 2.24) is 0 Å². The number of allylic oxidation sites excluding steroid dienone is 1. The van der Waals surface area contributed by atoms with E-state index in [0.29, 0.717) is 0 Å². The van der Waals surface area contributed by atoms with Crippen LogP contribution in [0.15, 0.2) is 10.6 Å². The number of carbonyl (C=O) groups excluding carboxylic acids is 2. The van der Waals surface area contributed by atoms with Gasteiger partial charge in [0, 0.05) is 6.08 Å². The molecule has 0 aliphatic heterocycles. The maximum Gasteiger partial charge on any atom is 0.229 e. The van der Waals surface area contributed by atoms with E-state index in [9.17, 15) is 9.59 Å². The van der Waals surface area contributed by atoms with Crippen LogP contribution in [0.3, 0.4) is 0 Å². The van der Waals surface area contributed by atoms with Crippen molar-refractivity contribution >= 4 is 45.8 Å². The second-order valence-corrected chi connectivity index (χ2v) is 2.86. The number of carbonyl (C=O) groups is 2. The first kappa shape index (κ1) is 9.95. The predicted molar refractivity (Wildman–Crippen MR) is 40.3 cm³/mol. The van der Waals surface area contributed by atoms with Gasteiger partial charge < -0.3 is 0 Å². The molecule has 0 rings (SSSR count). The fourth-order valence-electron chi connectivity index (χ4n) is 0.310. The fraction of sp³-hybridized carbons (Fsp3) is 0.200. The zero-order valence-electron chi connectivity index (χ0n) is 4.73. The highest BCUT2D eigenvalue weighted by Crippen LogP contribution is 2.06. The molecule has 10 heavy (non-hydrogen) atoms. The minimum absolute atomic E-state index is 0.178. The van der Waals surface area contributed by atoms with Gasteiger partial charge in [-0.15, -0.1) is 0 Å². The molecule has 0 heterocycles. The van der Waals surface area contributed by atoms with E-state index >= 15 is 0 Å². The van der Waals surface area contributed by atoms with E-state index in [4.69, 9.17) is 34.8 Å². The second-order valence-electron chi connectivity index (χ2n) is 1.43. The lowest BCUT2D eigenvalue weighted by Gasteiger charge is -1.85. The summed E-state index contributed by atoms with van der Waals surface area (Å²) < 4.78 is -0.178. The molecule has 0 amide bonds. The maximum atomic E-state index is 10.5. The molecule has 0 aliphatic rings. The standard InChI is InChI=1S/C5H3Cl3O2/c6-4(7)1-3(9)2-5(8)10/h1H,2H2. The van der Waals surface area contributed by atoms with Gasteiger partial charge in [-0.05, 0) is 11.6 Å². The Labute approximate surface area is 72.7 Å². The van der Waals surface area contributed by atoms with Crippen molar-refractivity contribution in [2.75, 3.05) is 0 Å². The van der Waals surface area contributed by atoms with Crippen LogP contribution in [0.1, 0.15) is 6.42 Å². The van der Waals surface area contributed by atoms with Crippen LogP contribution in [0, 0.1) is 0 Å². The number of hydrogen-bond acceptors (Lipinski definition) is 2. The van der Waals surface area contributed by atoms with E-state index in [1.807, 2.05) is 0 Å². The van der Waals surface area contributed by atoms with Gasteiger partial charge in [0.15, 0.2) is 5.78 Å². The third kappa shape index (κ3) is 6.08. The molecule has 0 radical (unpaired) electrons. The van der Waals surface area contributed by atoms with Crippen molar-refractivity contribution in [2.45, 2.75) is 6.42 Å². The lowest BCUT2D eigenvalue weighted by Crippen LogP contribution is -1.97. The Morgan fingerprint density at radius 3 is 2.00 bits per heavy atom. The Morgan fingerprint density at radius 2 is 1.70 bits per heavy atom. The topological polar surface area (TPSA) is 34.1 Å². The summed E-state index contributed by atoms with van der Waals surface area (Å²) >= 11 is 15.1. The zero-order valence-corrected chi connectivity index (χ0v) is 7.00. The van der Waals surface area contributed by atoms with E-state index in [2.05, 4.69) is 0 Å². The van der Waals surface area contributed by atoms with Crippen LogP contribution in [0.2, 0.25) is 0 Å². The number of ketones is 1. The molecule has 2 nitrogen and oxygen atoms in total. The summed E-state index contributed by atoms with van der Waals surface area (Å²) in [6.45, 7) is 0. The minimum atomic E-state index is -0.726. The third-order valence-corrected chi connectivity index (χ3v) is 0.935. The molecule has 5 heteroatoms. The summed E-state index contributed by atoms with van der Waals surface area (Å²) in [4.78, 5) is 20.6. The summed E-state index contributed by atoms with van der Waals surface area (Å²) in [6.07, 6.45) is 0.563. The summed E-state index contributed by atoms with van der Waals surface area (Å²) in [7, 11) is 0. The Kier molecular flexibility index (Phi) is 4.69. The molecular weight excluding hydrogens is 198 g/mol. The molecule has 0 saturated heterocycles. The highest BCUT2D eigenvalue weighted by atomic mass is 35.5. The van der Waals surface area contributed by atoms with Gasteiger partial charge in [-0.2, -0.15) is 0 Å². The highest BCUT2D eigenvalue weighted by molar-refractivity contribution is 6.65. The Bertz CT molecular complexity index is 181. The monoisotopic (exact) mass is 200 g/mol. The molecule has 0 unspecified atom stereocenters. The van der Waals surface area contributed by atoms with Crippen LogP contribution in [-0.2, 0) is 9.59 Å². The molecule has 56 valence electrons. The maximum absolute atomic E-state index is 10.5. The van der Waals surface area contributed by atoms with E-state index in [0.717, 1.165) is 6.08 Å². The van der Waals surface area contributed by atoms with Crippen molar-refractivity contribution < 1.29 is 9.59 Å². The lowest BCUT2D eigenvalue weighted by molar-refractivity contribution is -0.120. The quantitative estimate of drug-likeness (QED) is 0.398. The predicted octanol–water partition coefficient (Wildman–Crippen LogP) is 2.03. The van der Waals surface area contributed by atoms with Crippen molar-refractivity contribution in [3.63, 3.8) is 0 Å². The number of halogens is 3. The van der Waals surface area contributed by atoms with Crippen LogP contribution < -0.4 is 0 Å². The molecule has 0 fully saturated rings. The van der Waals surface area contributed by atoms with Gasteiger partial charge >= 0.3 is 0 Å². The number of rotatable bonds is 3. The molecule has 0 N–H and O–H groups in total. The van der Waals surface area contributed by atoms with E-state index < -0.39 is 11.0 Å². The fourth-order valence-corrected chi connectivity index (χ4v) is 0.685. The van der Waals surface area contributed by atoms with Gasteiger partial charge in [-0.25, -0.2) is 0 Å². The van der Waals surface area contributed by atoms with Crippen molar-refractivity contribution in [2.24, 2.45) is 0 Å². The first-order chi connectivity index (χ1) is 4.52. The normalized spacial score (nSPS) is 8.70. The first-order valence-corrected chi connectivity index (χ1v) is 3.39. The average molecular weight is 201 g/mol. The second kappa shape index (κ2) is 4.72. The zero-order chi connectivity index (χ0) is 8.15. The minimum Gasteiger partial charge on any atom is -0.294 e. The van der Waals surface area contributed by atoms with Gasteiger partial charge in [0.2, 0.25) is 5.24 Å². The van der Waals surface area contributed by atoms with Crippen LogP contribution in [0.5, 0.6) is 0 Å². The van der Waals surface area contributed by atoms with Crippen LogP contribution >= 0.6 is 34.8 Å². The van der Waals surface area contributed by atoms with Crippen molar-refractivity contribution in [1.29, 1.82) is 0 Å². The van der Waals surface area contributed by atoms with E-state index in [-0.39, 0.29) is 10.9 Å². The summed E-state index contributed by atoms with van der Waals surface area (Å²) in [5.41, 5.74) is 0. The molecule has 0 aliphatic carbocycles. The van der Waals surface area contributed by atoms with Gasteiger partial charge in [0.1, 0.15) is 4.49 Å². The molecule has 0 saturated carbocycles. The van der Waals surface area contributed by atoms with Crippen molar-refractivity contribution in [3.05, 3.63) is 10.6 Å². The molecule has 0 bridgehead atoms. The first-order valence-electron chi connectivity index (χ1n) is 2.26.